The van der Waals surface area contributed by atoms with E-state index in [-0.39, 0.29) is 42.5 Å². The van der Waals surface area contributed by atoms with Gasteiger partial charge < -0.3 is 10.2 Å². The maximum atomic E-state index is 13.0. The molecule has 1 atom stereocenters. The lowest BCUT2D eigenvalue weighted by atomic mass is 9.83. The van der Waals surface area contributed by atoms with Crippen molar-refractivity contribution in [1.82, 2.24) is 0 Å². The van der Waals surface area contributed by atoms with Crippen molar-refractivity contribution >= 4 is 56.5 Å². The van der Waals surface area contributed by atoms with Gasteiger partial charge in [-0.2, -0.15) is 8.42 Å². The second-order valence-corrected chi connectivity index (χ2v) is 9.25. The van der Waals surface area contributed by atoms with Gasteiger partial charge in [0.05, 0.1) is 20.1 Å². The van der Waals surface area contributed by atoms with Crippen molar-refractivity contribution in [2.45, 2.75) is 4.75 Å². The minimum absolute atomic E-state index is 0.0236. The van der Waals surface area contributed by atoms with Crippen molar-refractivity contribution in [1.29, 1.82) is 0 Å². The van der Waals surface area contributed by atoms with Gasteiger partial charge in [-0.3, -0.25) is 4.55 Å². The van der Waals surface area contributed by atoms with Crippen LogP contribution < -0.4 is 0 Å². The molecule has 5 nitrogen and oxygen atoms in total. The van der Waals surface area contributed by atoms with E-state index in [0.717, 1.165) is 12.1 Å². The summed E-state index contributed by atoms with van der Waals surface area (Å²) >= 11 is 24.5. The van der Waals surface area contributed by atoms with E-state index in [1.165, 1.54) is 42.5 Å². The smallest absolute Gasteiger partial charge is 0.283 e. The summed E-state index contributed by atoms with van der Waals surface area (Å²) in [4.78, 5) is 0. The van der Waals surface area contributed by atoms with E-state index in [9.17, 15) is 23.2 Å². The van der Waals surface area contributed by atoms with Crippen molar-refractivity contribution < 1.29 is 23.2 Å². The molecule has 29 heavy (non-hydrogen) atoms. The van der Waals surface area contributed by atoms with E-state index < -0.39 is 20.6 Å². The maximum absolute atomic E-state index is 13.0. The highest BCUT2D eigenvalue weighted by Crippen LogP contribution is 2.51. The van der Waals surface area contributed by atoms with E-state index >= 15 is 0 Å². The summed E-state index contributed by atoms with van der Waals surface area (Å²) in [6, 6.07) is 11.4. The number of phenols is 2. The minimum atomic E-state index is -5.08. The van der Waals surface area contributed by atoms with Crippen LogP contribution >= 0.6 is 46.4 Å². The Morgan fingerprint density at radius 3 is 1.93 bits per heavy atom. The molecule has 0 heterocycles. The van der Waals surface area contributed by atoms with Crippen LogP contribution in [0.5, 0.6) is 11.5 Å². The van der Waals surface area contributed by atoms with Gasteiger partial charge >= 0.3 is 0 Å². The fourth-order valence-corrected chi connectivity index (χ4v) is 5.32. The van der Waals surface area contributed by atoms with Gasteiger partial charge in [0, 0.05) is 17.2 Å². The first kappa shape index (κ1) is 22.0. The van der Waals surface area contributed by atoms with Crippen LogP contribution in [0, 0.1) is 0 Å². The molecule has 0 aromatic heterocycles. The quantitative estimate of drug-likeness (QED) is 0.311. The molecule has 152 valence electrons. The number of rotatable bonds is 4. The highest BCUT2D eigenvalue weighted by Gasteiger charge is 2.51. The molecule has 0 spiro atoms. The van der Waals surface area contributed by atoms with E-state index in [1.807, 2.05) is 0 Å². The molecule has 0 bridgehead atoms. The number of benzene rings is 3. The third kappa shape index (κ3) is 3.65. The molecular formula is C19H12Cl4O5S. The van der Waals surface area contributed by atoms with Gasteiger partial charge in [-0.1, -0.05) is 70.7 Å². The van der Waals surface area contributed by atoms with Crippen LogP contribution in [0.25, 0.3) is 0 Å². The average Bonchev–Trinajstić information content (AvgIpc) is 2.63. The van der Waals surface area contributed by atoms with Gasteiger partial charge in [0.2, 0.25) is 0 Å². The lowest BCUT2D eigenvalue weighted by Crippen LogP contribution is -2.38. The van der Waals surface area contributed by atoms with Crippen LogP contribution in [0.2, 0.25) is 20.1 Å². The summed E-state index contributed by atoms with van der Waals surface area (Å²) in [6.45, 7) is 0. The van der Waals surface area contributed by atoms with Gasteiger partial charge in [0.15, 0.2) is 4.75 Å². The van der Waals surface area contributed by atoms with Gasteiger partial charge in [-0.15, -0.1) is 0 Å². The number of hydrogen-bond acceptors (Lipinski definition) is 4. The number of phenolic OH excluding ortho intramolecular Hbond substituents is 2. The van der Waals surface area contributed by atoms with E-state index in [1.54, 1.807) is 0 Å². The van der Waals surface area contributed by atoms with Gasteiger partial charge in [-0.25, -0.2) is 0 Å². The fraction of sp³-hybridized carbons (Fsp3) is 0.0526. The van der Waals surface area contributed by atoms with Gasteiger partial charge in [0.1, 0.15) is 11.5 Å². The Labute approximate surface area is 186 Å². The monoisotopic (exact) mass is 492 g/mol. The molecule has 0 saturated carbocycles. The SMILES string of the molecule is O=S(=O)(O)C(c1ccc(O)cc1)(c1cc(Cl)c(Cl)cc1O)c1cccc(Cl)c1Cl. The van der Waals surface area contributed by atoms with Crippen molar-refractivity contribution in [2.75, 3.05) is 0 Å². The van der Waals surface area contributed by atoms with Crippen LogP contribution in [-0.2, 0) is 14.9 Å². The predicted octanol–water partition coefficient (Wildman–Crippen LogP) is 5.89. The van der Waals surface area contributed by atoms with Gasteiger partial charge in [-0.05, 0) is 29.8 Å². The molecule has 0 aliphatic rings. The summed E-state index contributed by atoms with van der Waals surface area (Å²) in [7, 11) is -5.08. The van der Waals surface area contributed by atoms with E-state index in [4.69, 9.17) is 46.4 Å². The number of aromatic hydroxyl groups is 2. The first-order valence-electron chi connectivity index (χ1n) is 7.89. The molecule has 0 fully saturated rings. The Morgan fingerprint density at radius 2 is 1.34 bits per heavy atom. The second-order valence-electron chi connectivity index (χ2n) is 6.09. The molecule has 0 aliphatic carbocycles. The molecule has 3 rings (SSSR count). The van der Waals surface area contributed by atoms with E-state index in [2.05, 4.69) is 0 Å². The highest BCUT2D eigenvalue weighted by atomic mass is 35.5. The van der Waals surface area contributed by atoms with Gasteiger partial charge in [0.25, 0.3) is 10.1 Å². The molecule has 3 aromatic rings. The third-order valence-electron chi connectivity index (χ3n) is 4.41. The minimum Gasteiger partial charge on any atom is -0.508 e. The molecule has 10 heteroatoms. The standard InChI is InChI=1S/C19H12Cl4O5S/c20-14-3-1-2-12(18(14)23)19(29(26,27)28,10-4-6-11(24)7-5-10)13-8-15(21)16(22)9-17(13)25/h1-9,24-25H,(H,26,27,28). The van der Waals surface area contributed by atoms with Crippen LogP contribution in [0.1, 0.15) is 16.7 Å². The Balaban J connectivity index is 2.61. The summed E-state index contributed by atoms with van der Waals surface area (Å²) < 4.78 is 34.0. The zero-order chi connectivity index (χ0) is 21.6. The van der Waals surface area contributed by atoms with Crippen molar-refractivity contribution in [3.8, 4) is 11.5 Å². The lowest BCUT2D eigenvalue weighted by Gasteiger charge is -2.34. The third-order valence-corrected chi connectivity index (χ3v) is 7.40. The van der Waals surface area contributed by atoms with Crippen LogP contribution in [-0.4, -0.2) is 23.2 Å². The first-order valence-corrected chi connectivity index (χ1v) is 10.8. The summed E-state index contributed by atoms with van der Waals surface area (Å²) in [5.41, 5.74) is -0.464. The Morgan fingerprint density at radius 1 is 0.759 bits per heavy atom. The summed E-state index contributed by atoms with van der Waals surface area (Å²) in [5.74, 6) is -0.699. The maximum Gasteiger partial charge on any atom is 0.283 e. The lowest BCUT2D eigenvalue weighted by molar-refractivity contribution is 0.440. The Bertz CT molecular complexity index is 1200. The number of halogens is 4. The fourth-order valence-electron chi connectivity index (χ4n) is 3.17. The van der Waals surface area contributed by atoms with Crippen molar-refractivity contribution in [3.63, 3.8) is 0 Å². The molecule has 0 radical (unpaired) electrons. The molecule has 3 N–H and O–H groups in total. The molecule has 0 aliphatic heterocycles. The summed E-state index contributed by atoms with van der Waals surface area (Å²) in [6.07, 6.45) is 0. The van der Waals surface area contributed by atoms with Crippen LogP contribution in [0.4, 0.5) is 0 Å². The van der Waals surface area contributed by atoms with Crippen molar-refractivity contribution in [3.05, 3.63) is 91.4 Å². The zero-order valence-electron chi connectivity index (χ0n) is 14.3. The molecule has 0 saturated heterocycles. The second kappa shape index (κ2) is 7.87. The van der Waals surface area contributed by atoms with Crippen LogP contribution in [0.3, 0.4) is 0 Å². The normalized spacial score (nSPS) is 13.8. The summed E-state index contributed by atoms with van der Waals surface area (Å²) in [5, 5.41) is 20.0. The first-order chi connectivity index (χ1) is 13.5. The Kier molecular flexibility index (Phi) is 5.98. The zero-order valence-corrected chi connectivity index (χ0v) is 18.1. The number of hydrogen-bond donors (Lipinski definition) is 3. The predicted molar refractivity (Wildman–Crippen MR) is 114 cm³/mol. The molecule has 1 unspecified atom stereocenters. The molecule has 0 amide bonds. The molecular weight excluding hydrogens is 482 g/mol. The largest absolute Gasteiger partial charge is 0.508 e. The van der Waals surface area contributed by atoms with Crippen LogP contribution in [0.15, 0.2) is 54.6 Å². The Hall–Kier alpha value is -1.67. The van der Waals surface area contributed by atoms with E-state index in [0.29, 0.717) is 0 Å². The average molecular weight is 494 g/mol. The highest BCUT2D eigenvalue weighted by molar-refractivity contribution is 7.87. The molecule has 3 aromatic carbocycles. The topological polar surface area (TPSA) is 94.8 Å². The van der Waals surface area contributed by atoms with Crippen molar-refractivity contribution in [2.24, 2.45) is 0 Å².